The van der Waals surface area contributed by atoms with Gasteiger partial charge in [0.15, 0.2) is 0 Å². The van der Waals surface area contributed by atoms with Crippen LogP contribution in [0.2, 0.25) is 0 Å². The Labute approximate surface area is 65.2 Å². The second-order valence-corrected chi connectivity index (χ2v) is 2.48. The van der Waals surface area contributed by atoms with Gasteiger partial charge in [0.05, 0.1) is 0 Å². The maximum absolute atomic E-state index is 7.28. The van der Waals surface area contributed by atoms with Gasteiger partial charge in [-0.05, 0) is 18.2 Å². The van der Waals surface area contributed by atoms with Gasteiger partial charge < -0.3 is 5.41 Å². The molecular weight excluding hydrogens is 146 g/mol. The molecule has 1 nitrogen and oxygen atoms in total. The summed E-state index contributed by atoms with van der Waals surface area (Å²) in [4.78, 5) is 0. The minimum atomic E-state index is 0.608. The first kappa shape index (κ1) is 7.29. The van der Waals surface area contributed by atoms with Gasteiger partial charge in [0, 0.05) is 17.2 Å². The summed E-state index contributed by atoms with van der Waals surface area (Å²) in [5, 5.41) is 7.99. The maximum Gasteiger partial charge on any atom is 0.0402 e. The van der Waals surface area contributed by atoms with Crippen LogP contribution in [0.1, 0.15) is 6.42 Å². The molecule has 0 heterocycles. The van der Waals surface area contributed by atoms with Crippen molar-refractivity contribution >= 4 is 17.3 Å². The van der Waals surface area contributed by atoms with Crippen molar-refractivity contribution in [1.82, 2.24) is 0 Å². The quantitative estimate of drug-likeness (QED) is 0.553. The molecule has 0 aromatic carbocycles. The topological polar surface area (TPSA) is 23.9 Å². The van der Waals surface area contributed by atoms with Crippen molar-refractivity contribution in [3.63, 3.8) is 0 Å². The van der Waals surface area contributed by atoms with E-state index in [1.54, 1.807) is 24.3 Å². The number of nitrogens with one attached hydrogen (secondary N) is 1. The van der Waals surface area contributed by atoms with Crippen molar-refractivity contribution in [3.8, 4) is 0 Å². The lowest BCUT2D eigenvalue weighted by Crippen LogP contribution is -1.88. The number of hydrogen-bond acceptors (Lipinski definition) is 1. The summed E-state index contributed by atoms with van der Waals surface area (Å²) in [6, 6.07) is 0. The predicted octanol–water partition coefficient (Wildman–Crippen LogP) is 2.64. The molecule has 1 N–H and O–H groups in total. The number of hydrogen-bond donors (Lipinski definition) is 1. The zero-order valence-electron chi connectivity index (χ0n) is 5.47. The summed E-state index contributed by atoms with van der Waals surface area (Å²) in [7, 11) is 0. The zero-order chi connectivity index (χ0) is 7.40. The van der Waals surface area contributed by atoms with Gasteiger partial charge in [-0.3, -0.25) is 0 Å². The third-order valence-electron chi connectivity index (χ3n) is 1.17. The van der Waals surface area contributed by atoms with Crippen LogP contribution < -0.4 is 0 Å². The number of halogens is 1. The molecule has 0 aromatic heterocycles. The highest BCUT2D eigenvalue weighted by atomic mass is 35.5. The van der Waals surface area contributed by atoms with E-state index in [-0.39, 0.29) is 0 Å². The molecule has 0 aromatic rings. The van der Waals surface area contributed by atoms with E-state index < -0.39 is 0 Å². The van der Waals surface area contributed by atoms with E-state index in [9.17, 15) is 0 Å². The van der Waals surface area contributed by atoms with Gasteiger partial charge in [-0.2, -0.15) is 0 Å². The van der Waals surface area contributed by atoms with Crippen LogP contribution in [-0.4, -0.2) is 5.71 Å². The van der Waals surface area contributed by atoms with Gasteiger partial charge >= 0.3 is 0 Å². The fourth-order valence-corrected chi connectivity index (χ4v) is 0.840. The second-order valence-electron chi connectivity index (χ2n) is 2.04. The Morgan fingerprint density at radius 2 is 2.20 bits per heavy atom. The monoisotopic (exact) mass is 153 g/mol. The molecule has 0 saturated heterocycles. The zero-order valence-corrected chi connectivity index (χ0v) is 6.23. The van der Waals surface area contributed by atoms with Crippen LogP contribution in [0.3, 0.4) is 0 Å². The molecule has 0 atom stereocenters. The van der Waals surface area contributed by atoms with Crippen LogP contribution in [0.4, 0.5) is 0 Å². The van der Waals surface area contributed by atoms with Crippen LogP contribution in [0.25, 0.3) is 0 Å². The first-order valence-electron chi connectivity index (χ1n) is 3.07. The number of allylic oxidation sites excluding steroid dienone is 6. The summed E-state index contributed by atoms with van der Waals surface area (Å²) >= 11 is 5.69. The molecule has 0 aliphatic heterocycles. The van der Waals surface area contributed by atoms with Gasteiger partial charge in [-0.1, -0.05) is 23.8 Å². The second kappa shape index (κ2) is 3.37. The fourth-order valence-electron chi connectivity index (χ4n) is 0.678. The lowest BCUT2D eigenvalue weighted by Gasteiger charge is -1.93. The van der Waals surface area contributed by atoms with Crippen molar-refractivity contribution in [2.24, 2.45) is 0 Å². The van der Waals surface area contributed by atoms with E-state index in [4.69, 9.17) is 17.0 Å². The summed E-state index contributed by atoms with van der Waals surface area (Å²) < 4.78 is 0. The fraction of sp³-hybridized carbons (Fsp3) is 0.125. The Kier molecular flexibility index (Phi) is 2.46. The van der Waals surface area contributed by atoms with Crippen molar-refractivity contribution in [1.29, 1.82) is 5.41 Å². The van der Waals surface area contributed by atoms with Crippen LogP contribution in [-0.2, 0) is 0 Å². The van der Waals surface area contributed by atoms with E-state index in [0.717, 1.165) is 0 Å². The SMILES string of the molecule is N=C1C=CC=C(Cl)C=CC1. The first-order chi connectivity index (χ1) is 4.79. The van der Waals surface area contributed by atoms with Gasteiger partial charge in [-0.25, -0.2) is 0 Å². The predicted molar refractivity (Wildman–Crippen MR) is 44.6 cm³/mol. The highest BCUT2D eigenvalue weighted by Crippen LogP contribution is 2.06. The molecule has 0 bridgehead atoms. The molecule has 0 unspecified atom stereocenters. The Hall–Kier alpha value is -0.820. The Morgan fingerprint density at radius 1 is 1.40 bits per heavy atom. The molecule has 52 valence electrons. The molecule has 1 rings (SSSR count). The third-order valence-corrected chi connectivity index (χ3v) is 1.42. The largest absolute Gasteiger partial charge is 0.305 e. The van der Waals surface area contributed by atoms with E-state index in [1.807, 2.05) is 6.08 Å². The van der Waals surface area contributed by atoms with E-state index in [2.05, 4.69) is 0 Å². The van der Waals surface area contributed by atoms with Crippen molar-refractivity contribution in [2.75, 3.05) is 0 Å². The average molecular weight is 154 g/mol. The maximum atomic E-state index is 7.28. The summed E-state index contributed by atoms with van der Waals surface area (Å²) in [6.45, 7) is 0. The Balaban J connectivity index is 2.80. The molecule has 0 fully saturated rings. The van der Waals surface area contributed by atoms with Crippen LogP contribution in [0.15, 0.2) is 35.4 Å². The van der Waals surface area contributed by atoms with Crippen molar-refractivity contribution in [3.05, 3.63) is 35.4 Å². The molecular formula is C8H8ClN. The van der Waals surface area contributed by atoms with Crippen LogP contribution in [0, 0.1) is 5.41 Å². The standard InChI is InChI=1S/C8H8ClN/c9-7-3-1-5-8(10)6-2-4-7/h1-5,10H,6H2. The van der Waals surface area contributed by atoms with Crippen molar-refractivity contribution in [2.45, 2.75) is 6.42 Å². The molecule has 1 aliphatic rings. The van der Waals surface area contributed by atoms with Crippen LogP contribution >= 0.6 is 11.6 Å². The molecule has 0 radical (unpaired) electrons. The number of rotatable bonds is 0. The first-order valence-corrected chi connectivity index (χ1v) is 3.44. The van der Waals surface area contributed by atoms with E-state index >= 15 is 0 Å². The van der Waals surface area contributed by atoms with E-state index in [1.165, 1.54) is 0 Å². The van der Waals surface area contributed by atoms with Gasteiger partial charge in [-0.15, -0.1) is 0 Å². The lowest BCUT2D eigenvalue weighted by atomic mass is 10.2. The minimum absolute atomic E-state index is 0.608. The third kappa shape index (κ3) is 2.19. The summed E-state index contributed by atoms with van der Waals surface area (Å²) in [5.41, 5.74) is 0.608. The van der Waals surface area contributed by atoms with Gasteiger partial charge in [0.25, 0.3) is 0 Å². The van der Waals surface area contributed by atoms with Crippen LogP contribution in [0.5, 0.6) is 0 Å². The van der Waals surface area contributed by atoms with Gasteiger partial charge in [0.2, 0.25) is 0 Å². The molecule has 0 saturated carbocycles. The van der Waals surface area contributed by atoms with E-state index in [0.29, 0.717) is 17.2 Å². The van der Waals surface area contributed by atoms with Crippen molar-refractivity contribution < 1.29 is 0 Å². The molecule has 0 spiro atoms. The summed E-state index contributed by atoms with van der Waals surface area (Å²) in [5.74, 6) is 0. The molecule has 2 heteroatoms. The van der Waals surface area contributed by atoms with Gasteiger partial charge in [0.1, 0.15) is 0 Å². The Morgan fingerprint density at radius 3 is 3.00 bits per heavy atom. The molecule has 10 heavy (non-hydrogen) atoms. The normalized spacial score (nSPS) is 18.1. The smallest absolute Gasteiger partial charge is 0.0402 e. The highest BCUT2D eigenvalue weighted by Gasteiger charge is 1.90. The molecule has 1 aliphatic carbocycles. The average Bonchev–Trinajstić information content (AvgIpc) is 1.84. The molecule has 0 amide bonds. The lowest BCUT2D eigenvalue weighted by molar-refractivity contribution is 1.38. The minimum Gasteiger partial charge on any atom is -0.305 e. The highest BCUT2D eigenvalue weighted by molar-refractivity contribution is 6.31. The summed E-state index contributed by atoms with van der Waals surface area (Å²) in [6.07, 6.45) is 9.65. The Bertz CT molecular complexity index is 223.